The highest BCUT2D eigenvalue weighted by Crippen LogP contribution is 2.15. The Morgan fingerprint density at radius 3 is 2.62 bits per heavy atom. The van der Waals surface area contributed by atoms with Crippen LogP contribution in [0.15, 0.2) is 17.6 Å². The molecule has 0 saturated carbocycles. The van der Waals surface area contributed by atoms with Crippen molar-refractivity contribution in [2.75, 3.05) is 12.4 Å². The minimum atomic E-state index is 0.221. The van der Waals surface area contributed by atoms with Crippen LogP contribution in [0.25, 0.3) is 0 Å². The molecule has 0 aromatic carbocycles. The van der Waals surface area contributed by atoms with Gasteiger partial charge in [-0.1, -0.05) is 18.7 Å². The summed E-state index contributed by atoms with van der Waals surface area (Å²) in [7, 11) is 0. The molecular weight excluding hydrogens is 184 g/mol. The first-order valence-corrected chi connectivity index (χ1v) is 5.23. The molecule has 1 aromatic rings. The van der Waals surface area contributed by atoms with E-state index in [4.69, 9.17) is 5.11 Å². The van der Waals surface area contributed by atoms with Crippen LogP contribution in [-0.2, 0) is 0 Å². The van der Waals surface area contributed by atoms with E-state index in [-0.39, 0.29) is 6.61 Å². The van der Waals surface area contributed by atoms with Crippen LogP contribution in [0.2, 0.25) is 0 Å². The summed E-state index contributed by atoms with van der Waals surface area (Å²) in [5, 5.41) is 9.59. The Morgan fingerprint density at radius 2 is 2.08 bits per heavy atom. The van der Waals surface area contributed by atoms with Crippen LogP contribution in [0.5, 0.6) is 0 Å². The fraction of sp³-hybridized carbons (Fsp3) is 0.556. The Kier molecular flexibility index (Phi) is 4.18. The van der Waals surface area contributed by atoms with E-state index in [0.29, 0.717) is 5.92 Å². The lowest BCUT2D eigenvalue weighted by atomic mass is 10.2. The van der Waals surface area contributed by atoms with Crippen LogP contribution in [0, 0.1) is 12.8 Å². The van der Waals surface area contributed by atoms with E-state index < -0.39 is 0 Å². The lowest BCUT2D eigenvalue weighted by molar-refractivity contribution is 0.250. The van der Waals surface area contributed by atoms with Crippen LogP contribution in [0.3, 0.4) is 0 Å². The second-order valence-corrected chi connectivity index (χ2v) is 4.13. The van der Waals surface area contributed by atoms with Crippen molar-refractivity contribution < 1.29 is 5.11 Å². The largest absolute Gasteiger partial charge is 0.396 e. The van der Waals surface area contributed by atoms with Gasteiger partial charge in [-0.3, -0.25) is 0 Å². The monoisotopic (exact) mass is 198 g/mol. The molecule has 13 heavy (non-hydrogen) atoms. The molecule has 0 amide bonds. The highest BCUT2D eigenvalue weighted by molar-refractivity contribution is 7.99. The van der Waals surface area contributed by atoms with Crippen LogP contribution in [0.4, 0.5) is 0 Å². The molecule has 1 unspecified atom stereocenters. The molecule has 1 rings (SSSR count). The van der Waals surface area contributed by atoms with Gasteiger partial charge < -0.3 is 5.11 Å². The second-order valence-electron chi connectivity index (χ2n) is 3.14. The van der Waals surface area contributed by atoms with E-state index >= 15 is 0 Å². The molecule has 0 spiro atoms. The fourth-order valence-electron chi connectivity index (χ4n) is 0.725. The molecule has 0 saturated heterocycles. The van der Waals surface area contributed by atoms with E-state index in [1.54, 1.807) is 24.2 Å². The molecule has 0 radical (unpaired) electrons. The third-order valence-electron chi connectivity index (χ3n) is 1.57. The summed E-state index contributed by atoms with van der Waals surface area (Å²) in [6.45, 7) is 4.19. The van der Waals surface area contributed by atoms with Crippen molar-refractivity contribution >= 4 is 11.8 Å². The zero-order valence-electron chi connectivity index (χ0n) is 7.90. The molecule has 3 nitrogen and oxygen atoms in total. The van der Waals surface area contributed by atoms with Crippen molar-refractivity contribution in [2.24, 2.45) is 5.92 Å². The highest BCUT2D eigenvalue weighted by atomic mass is 32.2. The predicted octanol–water partition coefficient (Wildman–Crippen LogP) is 1.51. The molecule has 0 aliphatic heterocycles. The first-order valence-electron chi connectivity index (χ1n) is 4.24. The number of hydrogen-bond acceptors (Lipinski definition) is 4. The first kappa shape index (κ1) is 10.5. The molecule has 1 atom stereocenters. The average Bonchev–Trinajstić information content (AvgIpc) is 2.16. The lowest BCUT2D eigenvalue weighted by Crippen LogP contribution is -2.03. The number of aliphatic hydroxyl groups excluding tert-OH is 1. The Bertz CT molecular complexity index is 250. The summed E-state index contributed by atoms with van der Waals surface area (Å²) in [5.41, 5.74) is 1.07. The quantitative estimate of drug-likeness (QED) is 0.588. The number of thioether (sulfide) groups is 1. The van der Waals surface area contributed by atoms with Crippen molar-refractivity contribution in [1.82, 2.24) is 9.97 Å². The highest BCUT2D eigenvalue weighted by Gasteiger charge is 2.02. The third kappa shape index (κ3) is 3.74. The Hall–Kier alpha value is -0.610. The summed E-state index contributed by atoms with van der Waals surface area (Å²) in [4.78, 5) is 8.31. The minimum absolute atomic E-state index is 0.221. The van der Waals surface area contributed by atoms with Crippen molar-refractivity contribution in [3.63, 3.8) is 0 Å². The predicted molar refractivity (Wildman–Crippen MR) is 53.7 cm³/mol. The Morgan fingerprint density at radius 1 is 1.46 bits per heavy atom. The summed E-state index contributed by atoms with van der Waals surface area (Å²) in [5.74, 6) is 1.16. The molecule has 0 fully saturated rings. The number of rotatable bonds is 4. The first-order chi connectivity index (χ1) is 6.22. The summed E-state index contributed by atoms with van der Waals surface area (Å²) >= 11 is 1.58. The molecule has 1 N–H and O–H groups in total. The fourth-order valence-corrected chi connectivity index (χ4v) is 1.52. The van der Waals surface area contributed by atoms with Gasteiger partial charge in [-0.05, 0) is 18.4 Å². The van der Waals surface area contributed by atoms with Gasteiger partial charge in [-0.2, -0.15) is 0 Å². The van der Waals surface area contributed by atoms with Gasteiger partial charge in [-0.25, -0.2) is 9.97 Å². The van der Waals surface area contributed by atoms with Crippen LogP contribution in [0.1, 0.15) is 12.5 Å². The van der Waals surface area contributed by atoms with Crippen LogP contribution in [-0.4, -0.2) is 27.4 Å². The summed E-state index contributed by atoms with van der Waals surface area (Å²) in [6.07, 6.45) is 3.61. The molecule has 0 aliphatic carbocycles. The number of aromatic nitrogens is 2. The van der Waals surface area contributed by atoms with Gasteiger partial charge in [0.1, 0.15) is 0 Å². The third-order valence-corrected chi connectivity index (χ3v) is 2.77. The number of aliphatic hydroxyl groups is 1. The van der Waals surface area contributed by atoms with Gasteiger partial charge in [0.15, 0.2) is 5.16 Å². The summed E-state index contributed by atoms with van der Waals surface area (Å²) < 4.78 is 0. The standard InChI is InChI=1S/C9H14N2OS/c1-7-3-10-9(11-4-7)13-6-8(2)5-12/h3-4,8,12H,5-6H2,1-2H3. The molecule has 1 heterocycles. The zero-order chi connectivity index (χ0) is 9.68. The van der Waals surface area contributed by atoms with Crippen molar-refractivity contribution in [3.8, 4) is 0 Å². The van der Waals surface area contributed by atoms with Gasteiger partial charge in [0.25, 0.3) is 0 Å². The number of nitrogens with zero attached hydrogens (tertiary/aromatic N) is 2. The summed E-state index contributed by atoms with van der Waals surface area (Å²) in [6, 6.07) is 0. The zero-order valence-corrected chi connectivity index (χ0v) is 8.71. The minimum Gasteiger partial charge on any atom is -0.396 e. The van der Waals surface area contributed by atoms with E-state index in [1.165, 1.54) is 0 Å². The topological polar surface area (TPSA) is 46.0 Å². The van der Waals surface area contributed by atoms with Gasteiger partial charge in [0.05, 0.1) is 0 Å². The second kappa shape index (κ2) is 5.19. The van der Waals surface area contributed by atoms with Gasteiger partial charge in [0, 0.05) is 24.8 Å². The van der Waals surface area contributed by atoms with E-state index in [9.17, 15) is 0 Å². The van der Waals surface area contributed by atoms with Crippen molar-refractivity contribution in [3.05, 3.63) is 18.0 Å². The Labute approximate surface area is 82.6 Å². The van der Waals surface area contributed by atoms with Gasteiger partial charge >= 0.3 is 0 Å². The molecule has 0 bridgehead atoms. The van der Waals surface area contributed by atoms with Gasteiger partial charge in [-0.15, -0.1) is 0 Å². The normalized spacial score (nSPS) is 12.8. The van der Waals surface area contributed by atoms with Crippen molar-refractivity contribution in [2.45, 2.75) is 19.0 Å². The number of hydrogen-bond donors (Lipinski definition) is 1. The number of aryl methyl sites for hydroxylation is 1. The average molecular weight is 198 g/mol. The molecule has 1 aromatic heterocycles. The van der Waals surface area contributed by atoms with Gasteiger partial charge in [0.2, 0.25) is 0 Å². The molecule has 4 heteroatoms. The maximum atomic E-state index is 8.80. The molecule has 0 aliphatic rings. The van der Waals surface area contributed by atoms with E-state index in [1.807, 2.05) is 13.8 Å². The van der Waals surface area contributed by atoms with Crippen molar-refractivity contribution in [1.29, 1.82) is 0 Å². The maximum absolute atomic E-state index is 8.80. The smallest absolute Gasteiger partial charge is 0.187 e. The Balaban J connectivity index is 2.41. The van der Waals surface area contributed by atoms with Crippen LogP contribution < -0.4 is 0 Å². The SMILES string of the molecule is Cc1cnc(SCC(C)CO)nc1. The molecular formula is C9H14N2OS. The van der Waals surface area contributed by atoms with E-state index in [0.717, 1.165) is 16.5 Å². The maximum Gasteiger partial charge on any atom is 0.187 e. The molecule has 72 valence electrons. The van der Waals surface area contributed by atoms with Crippen LogP contribution >= 0.6 is 11.8 Å². The van der Waals surface area contributed by atoms with E-state index in [2.05, 4.69) is 9.97 Å². The lowest BCUT2D eigenvalue weighted by Gasteiger charge is -2.05.